The molecule has 1 atom stereocenters. The monoisotopic (exact) mass is 300 g/mol. The molecule has 0 rings (SSSR count). The van der Waals surface area contributed by atoms with Gasteiger partial charge in [-0.1, -0.05) is 97.8 Å². The first-order chi connectivity index (χ1) is 9.68. The first kappa shape index (κ1) is 20.4. The highest BCUT2D eigenvalue weighted by Gasteiger charge is 2.22. The van der Waals surface area contributed by atoms with Crippen molar-refractivity contribution in [3.8, 4) is 0 Å². The predicted molar refractivity (Wildman–Crippen MR) is 98.7 cm³/mol. The largest absolute Gasteiger partial charge is 0.131 e. The average Bonchev–Trinajstić information content (AvgIpc) is 2.45. The van der Waals surface area contributed by atoms with Gasteiger partial charge in [-0.25, -0.2) is 0 Å². The topological polar surface area (TPSA) is 0 Å². The molecular formula is C19H41P. The molecule has 122 valence electrons. The van der Waals surface area contributed by atoms with E-state index in [1.165, 1.54) is 96.3 Å². The van der Waals surface area contributed by atoms with Gasteiger partial charge in [0.05, 0.1) is 0 Å². The van der Waals surface area contributed by atoms with Gasteiger partial charge in [0, 0.05) is 0 Å². The fraction of sp³-hybridized carbons (Fsp3) is 1.00. The van der Waals surface area contributed by atoms with E-state index in [1.807, 2.05) is 0 Å². The summed E-state index contributed by atoms with van der Waals surface area (Å²) in [5.41, 5.74) is 0. The van der Waals surface area contributed by atoms with Gasteiger partial charge in [-0.2, -0.15) is 0 Å². The van der Waals surface area contributed by atoms with E-state index in [2.05, 4.69) is 30.0 Å². The maximum Gasteiger partial charge on any atom is -0.0150 e. The van der Waals surface area contributed by atoms with Crippen molar-refractivity contribution in [3.05, 3.63) is 0 Å². The van der Waals surface area contributed by atoms with Crippen molar-refractivity contribution >= 4 is 9.24 Å². The molecule has 0 aromatic rings. The first-order valence-corrected chi connectivity index (χ1v) is 10.0. The maximum absolute atomic E-state index is 3.26. The van der Waals surface area contributed by atoms with E-state index in [1.54, 1.807) is 0 Å². The second-order valence-corrected chi connectivity index (χ2v) is 8.02. The predicted octanol–water partition coefficient (Wildman–Crippen LogP) is 7.51. The lowest BCUT2D eigenvalue weighted by Gasteiger charge is -2.30. The minimum Gasteiger partial charge on any atom is -0.131 e. The van der Waals surface area contributed by atoms with E-state index in [9.17, 15) is 0 Å². The van der Waals surface area contributed by atoms with Gasteiger partial charge in [0.2, 0.25) is 0 Å². The maximum atomic E-state index is 3.26. The summed E-state index contributed by atoms with van der Waals surface area (Å²) >= 11 is 0. The van der Waals surface area contributed by atoms with Crippen LogP contribution in [-0.2, 0) is 0 Å². The van der Waals surface area contributed by atoms with Gasteiger partial charge < -0.3 is 0 Å². The van der Waals surface area contributed by atoms with Crippen molar-refractivity contribution in [2.75, 3.05) is 0 Å². The van der Waals surface area contributed by atoms with Crippen molar-refractivity contribution in [2.45, 2.75) is 122 Å². The smallest absolute Gasteiger partial charge is 0.0150 e. The van der Waals surface area contributed by atoms with E-state index in [0.29, 0.717) is 5.16 Å². The van der Waals surface area contributed by atoms with E-state index in [-0.39, 0.29) is 0 Å². The summed E-state index contributed by atoms with van der Waals surface area (Å²) in [6.07, 6.45) is 21.3. The molecule has 0 spiro atoms. The highest BCUT2D eigenvalue weighted by Crippen LogP contribution is 2.36. The summed E-state index contributed by atoms with van der Waals surface area (Å²) in [6, 6.07) is 0. The second kappa shape index (κ2) is 14.4. The molecule has 0 nitrogen and oxygen atoms in total. The lowest BCUT2D eigenvalue weighted by atomic mass is 9.89. The molecule has 0 radical (unpaired) electrons. The molecule has 0 aliphatic rings. The highest BCUT2D eigenvalue weighted by molar-refractivity contribution is 7.19. The first-order valence-electron chi connectivity index (χ1n) is 9.47. The Morgan fingerprint density at radius 1 is 0.500 bits per heavy atom. The van der Waals surface area contributed by atoms with Crippen LogP contribution in [0.3, 0.4) is 0 Å². The Kier molecular flexibility index (Phi) is 14.7. The van der Waals surface area contributed by atoms with Crippen LogP contribution in [0.5, 0.6) is 0 Å². The molecule has 1 heteroatoms. The van der Waals surface area contributed by atoms with E-state index < -0.39 is 0 Å². The van der Waals surface area contributed by atoms with Crippen LogP contribution in [0.1, 0.15) is 117 Å². The number of unbranched alkanes of at least 4 members (excludes halogenated alkanes) is 9. The van der Waals surface area contributed by atoms with Crippen LogP contribution in [0.2, 0.25) is 0 Å². The van der Waals surface area contributed by atoms with Crippen LogP contribution >= 0.6 is 9.24 Å². The minimum absolute atomic E-state index is 0.564. The summed E-state index contributed by atoms with van der Waals surface area (Å²) < 4.78 is 0. The van der Waals surface area contributed by atoms with Crippen LogP contribution in [0.15, 0.2) is 0 Å². The Bertz CT molecular complexity index is 174. The lowest BCUT2D eigenvalue weighted by Crippen LogP contribution is -2.20. The Morgan fingerprint density at radius 2 is 0.850 bits per heavy atom. The molecule has 0 N–H and O–H groups in total. The molecule has 0 amide bonds. The highest BCUT2D eigenvalue weighted by atomic mass is 31.0. The fourth-order valence-electron chi connectivity index (χ4n) is 3.07. The van der Waals surface area contributed by atoms with Crippen LogP contribution in [0, 0.1) is 0 Å². The van der Waals surface area contributed by atoms with E-state index in [4.69, 9.17) is 0 Å². The fourth-order valence-corrected chi connectivity index (χ4v) is 3.68. The third-order valence-electron chi connectivity index (χ3n) is 4.58. The van der Waals surface area contributed by atoms with Gasteiger partial charge in [-0.3, -0.25) is 0 Å². The molecule has 0 aromatic carbocycles. The van der Waals surface area contributed by atoms with Gasteiger partial charge in [0.15, 0.2) is 0 Å². The lowest BCUT2D eigenvalue weighted by molar-refractivity contribution is 0.410. The van der Waals surface area contributed by atoms with Gasteiger partial charge in [0.25, 0.3) is 0 Å². The molecule has 0 aromatic heterocycles. The minimum atomic E-state index is 0.564. The zero-order valence-electron chi connectivity index (χ0n) is 14.7. The van der Waals surface area contributed by atoms with Crippen molar-refractivity contribution in [1.29, 1.82) is 0 Å². The molecule has 1 unspecified atom stereocenters. The van der Waals surface area contributed by atoms with Crippen LogP contribution < -0.4 is 0 Å². The molecule has 0 saturated heterocycles. The summed E-state index contributed by atoms with van der Waals surface area (Å²) in [5, 5.41) is 0.564. The Morgan fingerprint density at radius 3 is 1.25 bits per heavy atom. The summed E-state index contributed by atoms with van der Waals surface area (Å²) in [4.78, 5) is 0. The van der Waals surface area contributed by atoms with Crippen LogP contribution in [0.25, 0.3) is 0 Å². The summed E-state index contributed by atoms with van der Waals surface area (Å²) in [5.74, 6) is 0. The molecule has 0 fully saturated rings. The van der Waals surface area contributed by atoms with Crippen molar-refractivity contribution in [2.24, 2.45) is 0 Å². The molecule has 0 heterocycles. The van der Waals surface area contributed by atoms with Crippen molar-refractivity contribution in [1.82, 2.24) is 0 Å². The normalized spacial score (nSPS) is 12.0. The van der Waals surface area contributed by atoms with Crippen molar-refractivity contribution in [3.63, 3.8) is 0 Å². The summed E-state index contributed by atoms with van der Waals surface area (Å²) in [6.45, 7) is 6.93. The van der Waals surface area contributed by atoms with Gasteiger partial charge in [-0.15, -0.1) is 9.24 Å². The SMILES string of the molecule is CCCCCCCC(P)(CCCC)CCCCCCC. The van der Waals surface area contributed by atoms with Crippen LogP contribution in [0.4, 0.5) is 0 Å². The van der Waals surface area contributed by atoms with Crippen molar-refractivity contribution < 1.29 is 0 Å². The number of hydrogen-bond donors (Lipinski definition) is 0. The second-order valence-electron chi connectivity index (χ2n) is 6.79. The van der Waals surface area contributed by atoms with Gasteiger partial charge >= 0.3 is 0 Å². The van der Waals surface area contributed by atoms with Crippen LogP contribution in [-0.4, -0.2) is 5.16 Å². The third kappa shape index (κ3) is 12.2. The Hall–Kier alpha value is 0.430. The van der Waals surface area contributed by atoms with E-state index in [0.717, 1.165) is 0 Å². The Balaban J connectivity index is 3.88. The Labute approximate surface area is 132 Å². The summed E-state index contributed by atoms with van der Waals surface area (Å²) in [7, 11) is 3.26. The van der Waals surface area contributed by atoms with E-state index >= 15 is 0 Å². The standard InChI is InChI=1S/C19H41P/c1-4-7-10-12-14-17-19(20,16-9-6-3)18-15-13-11-8-5-2/h4-18,20H2,1-3H3. The zero-order valence-corrected chi connectivity index (χ0v) is 15.8. The average molecular weight is 301 g/mol. The number of rotatable bonds is 15. The molecule has 20 heavy (non-hydrogen) atoms. The van der Waals surface area contributed by atoms with Gasteiger partial charge in [-0.05, 0) is 24.4 Å². The molecule has 0 aliphatic heterocycles. The molecule has 0 aliphatic carbocycles. The molecule has 0 bridgehead atoms. The molecule has 0 saturated carbocycles. The zero-order chi connectivity index (χ0) is 15.1. The van der Waals surface area contributed by atoms with Gasteiger partial charge in [0.1, 0.15) is 0 Å². The number of hydrogen-bond acceptors (Lipinski definition) is 0. The quantitative estimate of drug-likeness (QED) is 0.217. The third-order valence-corrected chi connectivity index (χ3v) is 5.45. The molecular weight excluding hydrogens is 259 g/mol.